The Balaban J connectivity index is 2.36. The smallest absolute Gasteiger partial charge is 0.255 e. The van der Waals surface area contributed by atoms with Crippen molar-refractivity contribution in [2.75, 3.05) is 5.32 Å². The first-order valence-electron chi connectivity index (χ1n) is 6.97. The van der Waals surface area contributed by atoms with Crippen LogP contribution in [0.3, 0.4) is 0 Å². The van der Waals surface area contributed by atoms with Crippen LogP contribution in [0.4, 0.5) is 5.69 Å². The molecule has 110 valence electrons. The Morgan fingerprint density at radius 1 is 1.24 bits per heavy atom. The summed E-state index contributed by atoms with van der Waals surface area (Å²) in [6.07, 6.45) is 1.60. The van der Waals surface area contributed by atoms with Gasteiger partial charge in [0.2, 0.25) is 0 Å². The molecule has 21 heavy (non-hydrogen) atoms. The first-order valence-corrected chi connectivity index (χ1v) is 6.97. The van der Waals surface area contributed by atoms with Gasteiger partial charge in [-0.25, -0.2) is 0 Å². The lowest BCUT2D eigenvalue weighted by Crippen LogP contribution is -2.20. The summed E-state index contributed by atoms with van der Waals surface area (Å²) in [4.78, 5) is 24.0. The SMILES string of the molecule is Cc1cccc(C(C)C)c1NC(=O)c1ccn(C)c(=O)c1. The number of carbonyl (C=O) groups is 1. The van der Waals surface area contributed by atoms with Gasteiger partial charge in [-0.2, -0.15) is 0 Å². The van der Waals surface area contributed by atoms with E-state index in [9.17, 15) is 9.59 Å². The van der Waals surface area contributed by atoms with Crippen molar-refractivity contribution in [3.05, 3.63) is 63.6 Å². The molecule has 1 heterocycles. The van der Waals surface area contributed by atoms with E-state index in [1.165, 1.54) is 10.6 Å². The summed E-state index contributed by atoms with van der Waals surface area (Å²) in [5.41, 5.74) is 3.11. The summed E-state index contributed by atoms with van der Waals surface area (Å²) in [6.45, 7) is 6.14. The van der Waals surface area contributed by atoms with E-state index in [0.717, 1.165) is 16.8 Å². The molecule has 0 saturated heterocycles. The van der Waals surface area contributed by atoms with E-state index in [-0.39, 0.29) is 11.5 Å². The number of nitrogens with one attached hydrogen (secondary N) is 1. The summed E-state index contributed by atoms with van der Waals surface area (Å²) < 4.78 is 1.43. The van der Waals surface area contributed by atoms with Crippen molar-refractivity contribution >= 4 is 11.6 Å². The van der Waals surface area contributed by atoms with Crippen LogP contribution in [0, 0.1) is 6.92 Å². The number of benzene rings is 1. The summed E-state index contributed by atoms with van der Waals surface area (Å²) in [6, 6.07) is 8.95. The quantitative estimate of drug-likeness (QED) is 0.941. The van der Waals surface area contributed by atoms with E-state index in [1.807, 2.05) is 25.1 Å². The van der Waals surface area contributed by atoms with Gasteiger partial charge in [0.25, 0.3) is 11.5 Å². The molecule has 1 N–H and O–H groups in total. The van der Waals surface area contributed by atoms with Crippen molar-refractivity contribution in [3.8, 4) is 0 Å². The molecule has 0 fully saturated rings. The van der Waals surface area contributed by atoms with Gasteiger partial charge in [-0.15, -0.1) is 0 Å². The largest absolute Gasteiger partial charge is 0.321 e. The lowest BCUT2D eigenvalue weighted by molar-refractivity contribution is 0.102. The molecule has 4 heteroatoms. The minimum absolute atomic E-state index is 0.198. The average molecular weight is 284 g/mol. The number of para-hydroxylation sites is 1. The number of nitrogens with zero attached hydrogens (tertiary/aromatic N) is 1. The minimum Gasteiger partial charge on any atom is -0.321 e. The third-order valence-corrected chi connectivity index (χ3v) is 3.53. The van der Waals surface area contributed by atoms with Crippen molar-refractivity contribution in [2.24, 2.45) is 7.05 Å². The normalized spacial score (nSPS) is 10.7. The number of carbonyl (C=O) groups excluding carboxylic acids is 1. The van der Waals surface area contributed by atoms with Crippen molar-refractivity contribution in [1.82, 2.24) is 4.57 Å². The van der Waals surface area contributed by atoms with Gasteiger partial charge < -0.3 is 9.88 Å². The third-order valence-electron chi connectivity index (χ3n) is 3.53. The molecule has 0 aliphatic heterocycles. The summed E-state index contributed by atoms with van der Waals surface area (Å²) in [5, 5.41) is 2.94. The van der Waals surface area contributed by atoms with Crippen LogP contribution in [0.15, 0.2) is 41.3 Å². The summed E-state index contributed by atoms with van der Waals surface area (Å²) >= 11 is 0. The van der Waals surface area contributed by atoms with Crippen LogP contribution in [0.25, 0.3) is 0 Å². The molecule has 0 atom stereocenters. The number of hydrogen-bond donors (Lipinski definition) is 1. The Bertz CT molecular complexity index is 730. The van der Waals surface area contributed by atoms with Crippen molar-refractivity contribution < 1.29 is 4.79 Å². The summed E-state index contributed by atoms with van der Waals surface area (Å²) in [7, 11) is 1.65. The Morgan fingerprint density at radius 3 is 2.57 bits per heavy atom. The van der Waals surface area contributed by atoms with Gasteiger partial charge in [-0.05, 0) is 30.0 Å². The highest BCUT2D eigenvalue weighted by atomic mass is 16.2. The van der Waals surface area contributed by atoms with Crippen molar-refractivity contribution in [1.29, 1.82) is 0 Å². The molecule has 0 bridgehead atoms. The lowest BCUT2D eigenvalue weighted by atomic mass is 9.98. The zero-order chi connectivity index (χ0) is 15.6. The van der Waals surface area contributed by atoms with Gasteiger partial charge >= 0.3 is 0 Å². The number of amides is 1. The van der Waals surface area contributed by atoms with E-state index in [2.05, 4.69) is 19.2 Å². The highest BCUT2D eigenvalue weighted by molar-refractivity contribution is 6.05. The van der Waals surface area contributed by atoms with Crippen LogP contribution >= 0.6 is 0 Å². The number of anilines is 1. The number of pyridine rings is 1. The zero-order valence-corrected chi connectivity index (χ0v) is 12.8. The standard InChI is InChI=1S/C17H20N2O2/c1-11(2)14-7-5-6-12(3)16(14)18-17(21)13-8-9-19(4)15(20)10-13/h5-11H,1-4H3,(H,18,21). The molecule has 0 aliphatic rings. The molecule has 1 aromatic carbocycles. The monoisotopic (exact) mass is 284 g/mol. The number of aryl methyl sites for hydroxylation is 2. The van der Waals surface area contributed by atoms with E-state index >= 15 is 0 Å². The van der Waals surface area contributed by atoms with Gasteiger partial charge in [-0.3, -0.25) is 9.59 Å². The van der Waals surface area contributed by atoms with Gasteiger partial charge in [0.05, 0.1) is 0 Å². The number of rotatable bonds is 3. The third kappa shape index (κ3) is 3.21. The zero-order valence-electron chi connectivity index (χ0n) is 12.8. The molecule has 0 unspecified atom stereocenters. The van der Waals surface area contributed by atoms with Crippen LogP contribution in [-0.4, -0.2) is 10.5 Å². The van der Waals surface area contributed by atoms with Gasteiger partial charge in [0, 0.05) is 30.6 Å². The molecule has 4 nitrogen and oxygen atoms in total. The Labute approximate surface area is 124 Å². The molecular weight excluding hydrogens is 264 g/mol. The maximum Gasteiger partial charge on any atom is 0.255 e. The molecule has 2 rings (SSSR count). The van der Waals surface area contributed by atoms with E-state index in [4.69, 9.17) is 0 Å². The summed E-state index contributed by atoms with van der Waals surface area (Å²) in [5.74, 6) is 0.0488. The maximum absolute atomic E-state index is 12.3. The van der Waals surface area contributed by atoms with Gasteiger partial charge in [-0.1, -0.05) is 32.0 Å². The fourth-order valence-corrected chi connectivity index (χ4v) is 2.22. The van der Waals surface area contributed by atoms with Crippen LogP contribution in [-0.2, 0) is 7.05 Å². The van der Waals surface area contributed by atoms with Gasteiger partial charge in [0.1, 0.15) is 0 Å². The molecule has 1 amide bonds. The molecule has 0 aliphatic carbocycles. The Kier molecular flexibility index (Phi) is 4.26. The van der Waals surface area contributed by atoms with Crippen LogP contribution < -0.4 is 10.9 Å². The minimum atomic E-state index is -0.260. The van der Waals surface area contributed by atoms with E-state index in [0.29, 0.717) is 11.5 Å². The van der Waals surface area contributed by atoms with Crippen LogP contribution in [0.1, 0.15) is 41.3 Å². The fourth-order valence-electron chi connectivity index (χ4n) is 2.22. The molecule has 2 aromatic rings. The molecule has 0 spiro atoms. The second-order valence-corrected chi connectivity index (χ2v) is 5.51. The fraction of sp³-hybridized carbons (Fsp3) is 0.294. The Morgan fingerprint density at radius 2 is 1.95 bits per heavy atom. The van der Waals surface area contributed by atoms with E-state index in [1.54, 1.807) is 19.3 Å². The topological polar surface area (TPSA) is 51.1 Å². The van der Waals surface area contributed by atoms with Crippen molar-refractivity contribution in [3.63, 3.8) is 0 Å². The highest BCUT2D eigenvalue weighted by Crippen LogP contribution is 2.27. The predicted molar refractivity (Wildman–Crippen MR) is 84.9 cm³/mol. The molecule has 1 aromatic heterocycles. The molecule has 0 saturated carbocycles. The second kappa shape index (κ2) is 5.95. The Hall–Kier alpha value is -2.36. The van der Waals surface area contributed by atoms with Crippen molar-refractivity contribution in [2.45, 2.75) is 26.7 Å². The molecule has 0 radical (unpaired) electrons. The number of hydrogen-bond acceptors (Lipinski definition) is 2. The number of aromatic nitrogens is 1. The van der Waals surface area contributed by atoms with Crippen LogP contribution in [0.5, 0.6) is 0 Å². The predicted octanol–water partition coefficient (Wildman–Crippen LogP) is 3.07. The molecular formula is C17H20N2O2. The highest BCUT2D eigenvalue weighted by Gasteiger charge is 2.13. The first-order chi connectivity index (χ1) is 9.90. The first kappa shape index (κ1) is 15.0. The lowest BCUT2D eigenvalue weighted by Gasteiger charge is -2.16. The van der Waals surface area contributed by atoms with E-state index < -0.39 is 0 Å². The second-order valence-electron chi connectivity index (χ2n) is 5.51. The van der Waals surface area contributed by atoms with Gasteiger partial charge in [0.15, 0.2) is 0 Å². The maximum atomic E-state index is 12.3. The average Bonchev–Trinajstić information content (AvgIpc) is 2.43. The van der Waals surface area contributed by atoms with Crippen LogP contribution in [0.2, 0.25) is 0 Å².